The molecule has 4 heteroatoms. The minimum absolute atomic E-state index is 0.603. The van der Waals surface area contributed by atoms with E-state index in [9.17, 15) is 0 Å². The fourth-order valence-corrected chi connectivity index (χ4v) is 2.17. The molecule has 1 aliphatic rings. The summed E-state index contributed by atoms with van der Waals surface area (Å²) in [6.45, 7) is 0.661. The first-order valence-corrected chi connectivity index (χ1v) is 6.08. The van der Waals surface area contributed by atoms with Gasteiger partial charge in [0.2, 0.25) is 0 Å². The molecule has 1 aromatic heterocycles. The van der Waals surface area contributed by atoms with Crippen molar-refractivity contribution in [2.24, 2.45) is 5.73 Å². The van der Waals surface area contributed by atoms with Gasteiger partial charge in [-0.25, -0.2) is 0 Å². The molecule has 1 aliphatic carbocycles. The van der Waals surface area contributed by atoms with Crippen molar-refractivity contribution in [2.75, 3.05) is 6.54 Å². The van der Waals surface area contributed by atoms with Crippen LogP contribution >= 0.6 is 0 Å². The minimum Gasteiger partial charge on any atom is -0.330 e. The summed E-state index contributed by atoms with van der Waals surface area (Å²) in [7, 11) is 0. The predicted octanol–water partition coefficient (Wildman–Crippen LogP) is 1.78. The quantitative estimate of drug-likeness (QED) is 0.867. The van der Waals surface area contributed by atoms with E-state index >= 15 is 0 Å². The highest BCUT2D eigenvalue weighted by Crippen LogP contribution is 2.38. The first-order valence-electron chi connectivity index (χ1n) is 6.08. The Hall–Kier alpha value is -1.68. The van der Waals surface area contributed by atoms with Crippen molar-refractivity contribution < 1.29 is 0 Å². The summed E-state index contributed by atoms with van der Waals surface area (Å²) in [5.74, 6) is 0.983. The Balaban J connectivity index is 2.04. The molecule has 2 N–H and O–H groups in total. The maximum atomic E-state index is 5.65. The lowest BCUT2D eigenvalue weighted by Gasteiger charge is -2.09. The Morgan fingerprint density at radius 1 is 1.29 bits per heavy atom. The van der Waals surface area contributed by atoms with Crippen LogP contribution in [0.15, 0.2) is 30.6 Å². The van der Waals surface area contributed by atoms with Crippen LogP contribution < -0.4 is 5.73 Å². The summed E-state index contributed by atoms with van der Waals surface area (Å²) in [4.78, 5) is 0. The monoisotopic (exact) mass is 228 g/mol. The van der Waals surface area contributed by atoms with Crippen molar-refractivity contribution in [3.8, 4) is 11.4 Å². The van der Waals surface area contributed by atoms with Crippen LogP contribution in [0.2, 0.25) is 0 Å². The second-order valence-electron chi connectivity index (χ2n) is 4.49. The van der Waals surface area contributed by atoms with E-state index in [1.807, 2.05) is 18.5 Å². The Labute approximate surface area is 100 Å². The summed E-state index contributed by atoms with van der Waals surface area (Å²) in [6.07, 6.45) is 5.20. The Bertz CT molecular complexity index is 514. The van der Waals surface area contributed by atoms with Crippen molar-refractivity contribution in [1.29, 1.82) is 0 Å². The summed E-state index contributed by atoms with van der Waals surface area (Å²) in [5, 5.41) is 8.31. The Morgan fingerprint density at radius 2 is 2.12 bits per heavy atom. The molecule has 88 valence electrons. The Kier molecular flexibility index (Phi) is 2.65. The van der Waals surface area contributed by atoms with Gasteiger partial charge in [0.1, 0.15) is 6.33 Å². The highest BCUT2D eigenvalue weighted by molar-refractivity contribution is 5.60. The smallest absolute Gasteiger partial charge is 0.164 e. The molecule has 0 unspecified atom stereocenters. The fourth-order valence-electron chi connectivity index (χ4n) is 2.17. The lowest BCUT2D eigenvalue weighted by atomic mass is 10.0. The molecule has 1 fully saturated rings. The number of nitrogens with zero attached hydrogens (tertiary/aromatic N) is 3. The van der Waals surface area contributed by atoms with Gasteiger partial charge in [-0.1, -0.05) is 24.3 Å². The molecule has 0 radical (unpaired) electrons. The molecular formula is C13H16N4. The summed E-state index contributed by atoms with van der Waals surface area (Å²) in [6, 6.07) is 8.92. The first-order chi connectivity index (χ1) is 8.40. The molecule has 0 bridgehead atoms. The van der Waals surface area contributed by atoms with E-state index in [2.05, 4.69) is 26.9 Å². The van der Waals surface area contributed by atoms with E-state index in [0.717, 1.165) is 12.2 Å². The van der Waals surface area contributed by atoms with Crippen molar-refractivity contribution >= 4 is 0 Å². The van der Waals surface area contributed by atoms with Crippen LogP contribution in [0.5, 0.6) is 0 Å². The van der Waals surface area contributed by atoms with Gasteiger partial charge < -0.3 is 10.3 Å². The maximum Gasteiger partial charge on any atom is 0.164 e. The van der Waals surface area contributed by atoms with Gasteiger partial charge in [-0.2, -0.15) is 0 Å². The zero-order chi connectivity index (χ0) is 11.7. The standard InChI is InChI=1S/C13H16N4/c14-8-7-10-3-1-2-4-12(10)13-16-15-9-17(13)11-5-6-11/h1-4,9,11H,5-8,14H2. The molecule has 0 saturated heterocycles. The molecule has 3 rings (SSSR count). The van der Waals surface area contributed by atoms with E-state index in [0.29, 0.717) is 12.6 Å². The van der Waals surface area contributed by atoms with Gasteiger partial charge >= 0.3 is 0 Å². The average molecular weight is 228 g/mol. The number of benzene rings is 1. The van der Waals surface area contributed by atoms with Gasteiger partial charge in [0.25, 0.3) is 0 Å². The zero-order valence-corrected chi connectivity index (χ0v) is 9.71. The first kappa shape index (κ1) is 10.5. The molecule has 0 spiro atoms. The second kappa shape index (κ2) is 4.30. The molecule has 4 nitrogen and oxygen atoms in total. The number of aromatic nitrogens is 3. The minimum atomic E-state index is 0.603. The van der Waals surface area contributed by atoms with Crippen molar-refractivity contribution in [3.63, 3.8) is 0 Å². The molecule has 0 amide bonds. The van der Waals surface area contributed by atoms with Gasteiger partial charge in [-0.15, -0.1) is 10.2 Å². The van der Waals surface area contributed by atoms with E-state index in [1.54, 1.807) is 0 Å². The third kappa shape index (κ3) is 1.96. The number of rotatable bonds is 4. The van der Waals surface area contributed by atoms with E-state index in [1.165, 1.54) is 24.0 Å². The number of hydrogen-bond donors (Lipinski definition) is 1. The van der Waals surface area contributed by atoms with Crippen LogP contribution in [0.1, 0.15) is 24.4 Å². The zero-order valence-electron chi connectivity index (χ0n) is 9.71. The fraction of sp³-hybridized carbons (Fsp3) is 0.385. The van der Waals surface area contributed by atoms with Crippen molar-refractivity contribution in [3.05, 3.63) is 36.2 Å². The number of hydrogen-bond acceptors (Lipinski definition) is 3. The van der Waals surface area contributed by atoms with Crippen LogP contribution in [-0.4, -0.2) is 21.3 Å². The molecule has 0 aliphatic heterocycles. The second-order valence-corrected chi connectivity index (χ2v) is 4.49. The van der Waals surface area contributed by atoms with E-state index in [4.69, 9.17) is 5.73 Å². The lowest BCUT2D eigenvalue weighted by Crippen LogP contribution is -2.05. The highest BCUT2D eigenvalue weighted by Gasteiger charge is 2.26. The normalized spacial score (nSPS) is 15.1. The van der Waals surface area contributed by atoms with Crippen LogP contribution in [0.3, 0.4) is 0 Å². The highest BCUT2D eigenvalue weighted by atomic mass is 15.3. The average Bonchev–Trinajstić information content (AvgIpc) is 3.09. The van der Waals surface area contributed by atoms with Crippen LogP contribution in [0.4, 0.5) is 0 Å². The third-order valence-electron chi connectivity index (χ3n) is 3.19. The molecule has 1 aromatic carbocycles. The third-order valence-corrected chi connectivity index (χ3v) is 3.19. The molecule has 1 saturated carbocycles. The van der Waals surface area contributed by atoms with Gasteiger partial charge in [-0.05, 0) is 31.4 Å². The molecule has 1 heterocycles. The topological polar surface area (TPSA) is 56.7 Å². The number of nitrogens with two attached hydrogens (primary N) is 1. The van der Waals surface area contributed by atoms with Gasteiger partial charge in [0.15, 0.2) is 5.82 Å². The van der Waals surface area contributed by atoms with Crippen LogP contribution in [0, 0.1) is 0 Å². The van der Waals surface area contributed by atoms with Crippen LogP contribution in [0.25, 0.3) is 11.4 Å². The van der Waals surface area contributed by atoms with E-state index in [-0.39, 0.29) is 0 Å². The maximum absolute atomic E-state index is 5.65. The summed E-state index contributed by atoms with van der Waals surface area (Å²) < 4.78 is 2.19. The Morgan fingerprint density at radius 3 is 2.88 bits per heavy atom. The molecule has 2 aromatic rings. The van der Waals surface area contributed by atoms with Gasteiger partial charge in [0, 0.05) is 11.6 Å². The van der Waals surface area contributed by atoms with Gasteiger partial charge in [-0.3, -0.25) is 0 Å². The molecular weight excluding hydrogens is 212 g/mol. The largest absolute Gasteiger partial charge is 0.330 e. The summed E-state index contributed by atoms with van der Waals surface area (Å²) in [5.41, 5.74) is 8.07. The van der Waals surface area contributed by atoms with Crippen LogP contribution in [-0.2, 0) is 6.42 Å². The summed E-state index contributed by atoms with van der Waals surface area (Å²) >= 11 is 0. The molecule has 17 heavy (non-hydrogen) atoms. The van der Waals surface area contributed by atoms with Crippen molar-refractivity contribution in [2.45, 2.75) is 25.3 Å². The molecule has 0 atom stereocenters. The predicted molar refractivity (Wildman–Crippen MR) is 66.5 cm³/mol. The van der Waals surface area contributed by atoms with Gasteiger partial charge in [0.05, 0.1) is 0 Å². The SMILES string of the molecule is NCCc1ccccc1-c1nncn1C1CC1. The van der Waals surface area contributed by atoms with E-state index < -0.39 is 0 Å². The lowest BCUT2D eigenvalue weighted by molar-refractivity contribution is 0.745. The van der Waals surface area contributed by atoms with Crippen molar-refractivity contribution in [1.82, 2.24) is 14.8 Å².